The molecule has 0 unspecified atom stereocenters. The van der Waals surface area contributed by atoms with Gasteiger partial charge in [-0.1, -0.05) is 0 Å². The highest BCUT2D eigenvalue weighted by molar-refractivity contribution is 5.89. The monoisotopic (exact) mass is 216 g/mol. The van der Waals surface area contributed by atoms with Crippen molar-refractivity contribution in [3.63, 3.8) is 0 Å². The van der Waals surface area contributed by atoms with Crippen LogP contribution >= 0.6 is 0 Å². The fraction of sp³-hybridized carbons (Fsp3) is 0.300. The predicted molar refractivity (Wildman–Crippen MR) is 48.3 cm³/mol. The van der Waals surface area contributed by atoms with Crippen molar-refractivity contribution in [3.8, 4) is 0 Å². The Labute approximate surface area is 85.3 Å². The van der Waals surface area contributed by atoms with Gasteiger partial charge in [0.15, 0.2) is 0 Å². The van der Waals surface area contributed by atoms with Crippen LogP contribution in [0.25, 0.3) is 0 Å². The molecule has 1 aromatic rings. The number of rotatable bonds is 4. The van der Waals surface area contributed by atoms with Crippen molar-refractivity contribution < 1.29 is 23.4 Å². The van der Waals surface area contributed by atoms with E-state index >= 15 is 0 Å². The minimum atomic E-state index is -0.955. The fourth-order valence-corrected chi connectivity index (χ4v) is 0.962. The Balaban J connectivity index is 2.65. The van der Waals surface area contributed by atoms with Crippen LogP contribution in [0.3, 0.4) is 0 Å². The van der Waals surface area contributed by atoms with E-state index in [0.29, 0.717) is 6.07 Å². The molecule has 3 nitrogen and oxygen atoms in total. The van der Waals surface area contributed by atoms with E-state index < -0.39 is 17.6 Å². The lowest BCUT2D eigenvalue weighted by Crippen LogP contribution is -2.09. The largest absolute Gasteiger partial charge is 0.462 e. The Kier molecular flexibility index (Phi) is 4.17. The molecule has 0 fully saturated rings. The van der Waals surface area contributed by atoms with Crippen LogP contribution in [0.5, 0.6) is 0 Å². The third kappa shape index (κ3) is 3.28. The molecule has 0 saturated heterocycles. The molecule has 0 radical (unpaired) electrons. The second kappa shape index (κ2) is 5.41. The van der Waals surface area contributed by atoms with E-state index in [9.17, 15) is 13.6 Å². The maximum absolute atomic E-state index is 13.0. The summed E-state index contributed by atoms with van der Waals surface area (Å²) in [4.78, 5) is 11.2. The number of hydrogen-bond acceptors (Lipinski definition) is 3. The molecule has 0 amide bonds. The van der Waals surface area contributed by atoms with Gasteiger partial charge in [0.1, 0.15) is 11.6 Å². The summed E-state index contributed by atoms with van der Waals surface area (Å²) in [6.07, 6.45) is 0.286. The van der Waals surface area contributed by atoms with Crippen molar-refractivity contribution in [2.24, 2.45) is 0 Å². The van der Waals surface area contributed by atoms with E-state index in [4.69, 9.17) is 5.11 Å². The second-order valence-corrected chi connectivity index (χ2v) is 2.84. The Morgan fingerprint density at radius 3 is 2.73 bits per heavy atom. The molecule has 0 atom stereocenters. The molecular formula is C10H10F2O3. The highest BCUT2D eigenvalue weighted by Crippen LogP contribution is 2.10. The van der Waals surface area contributed by atoms with Crippen LogP contribution in [0.1, 0.15) is 16.8 Å². The molecule has 0 saturated carbocycles. The Morgan fingerprint density at radius 2 is 2.13 bits per heavy atom. The van der Waals surface area contributed by atoms with Crippen molar-refractivity contribution in [2.75, 3.05) is 13.2 Å². The number of benzene rings is 1. The molecular weight excluding hydrogens is 206 g/mol. The fourth-order valence-electron chi connectivity index (χ4n) is 0.962. The first-order chi connectivity index (χ1) is 7.15. The molecule has 0 heterocycles. The van der Waals surface area contributed by atoms with Crippen LogP contribution in [-0.4, -0.2) is 24.3 Å². The second-order valence-electron chi connectivity index (χ2n) is 2.84. The number of aliphatic hydroxyl groups excluding tert-OH is 1. The summed E-state index contributed by atoms with van der Waals surface area (Å²) >= 11 is 0. The van der Waals surface area contributed by atoms with Gasteiger partial charge in [-0.15, -0.1) is 0 Å². The van der Waals surface area contributed by atoms with Crippen LogP contribution < -0.4 is 0 Å². The first-order valence-electron chi connectivity index (χ1n) is 4.38. The summed E-state index contributed by atoms with van der Waals surface area (Å²) in [7, 11) is 0. The minimum absolute atomic E-state index is 0.00610. The van der Waals surface area contributed by atoms with E-state index in [2.05, 4.69) is 4.74 Å². The van der Waals surface area contributed by atoms with Crippen LogP contribution in [-0.2, 0) is 4.74 Å². The van der Waals surface area contributed by atoms with Crippen molar-refractivity contribution in [2.45, 2.75) is 6.42 Å². The third-order valence-electron chi connectivity index (χ3n) is 1.69. The number of esters is 1. The number of ether oxygens (including phenoxy) is 1. The van der Waals surface area contributed by atoms with Crippen LogP contribution in [0.15, 0.2) is 18.2 Å². The number of halogens is 2. The van der Waals surface area contributed by atoms with Crippen LogP contribution in [0, 0.1) is 11.6 Å². The lowest BCUT2D eigenvalue weighted by molar-refractivity contribution is 0.0477. The van der Waals surface area contributed by atoms with Gasteiger partial charge < -0.3 is 9.84 Å². The third-order valence-corrected chi connectivity index (χ3v) is 1.69. The summed E-state index contributed by atoms with van der Waals surface area (Å²) in [6.45, 7) is -0.106. The minimum Gasteiger partial charge on any atom is -0.462 e. The predicted octanol–water partition coefficient (Wildman–Crippen LogP) is 1.50. The molecule has 0 bridgehead atoms. The van der Waals surface area contributed by atoms with Gasteiger partial charge in [-0.2, -0.15) is 0 Å². The molecule has 82 valence electrons. The van der Waals surface area contributed by atoms with E-state index in [1.54, 1.807) is 0 Å². The zero-order chi connectivity index (χ0) is 11.3. The molecule has 0 spiro atoms. The van der Waals surface area contributed by atoms with Crippen LogP contribution in [0.4, 0.5) is 8.78 Å². The van der Waals surface area contributed by atoms with E-state index in [0.717, 1.165) is 12.1 Å². The molecule has 0 aliphatic heterocycles. The van der Waals surface area contributed by atoms with Gasteiger partial charge in [0.25, 0.3) is 0 Å². The molecule has 0 aliphatic carbocycles. The lowest BCUT2D eigenvalue weighted by atomic mass is 10.2. The Morgan fingerprint density at radius 1 is 1.40 bits per heavy atom. The summed E-state index contributed by atoms with van der Waals surface area (Å²) in [5.74, 6) is -2.57. The van der Waals surface area contributed by atoms with Crippen molar-refractivity contribution in [3.05, 3.63) is 35.4 Å². The van der Waals surface area contributed by atoms with Gasteiger partial charge in [-0.25, -0.2) is 13.6 Å². The molecule has 1 N–H and O–H groups in total. The lowest BCUT2D eigenvalue weighted by Gasteiger charge is -2.04. The van der Waals surface area contributed by atoms with Gasteiger partial charge in [0.2, 0.25) is 0 Å². The number of hydrogen-bond donors (Lipinski definition) is 1. The first kappa shape index (κ1) is 11.6. The van der Waals surface area contributed by atoms with E-state index in [-0.39, 0.29) is 25.2 Å². The SMILES string of the molecule is O=C(OCCCO)c1ccc(F)cc1F. The molecule has 0 aliphatic rings. The zero-order valence-electron chi connectivity index (χ0n) is 7.87. The molecule has 15 heavy (non-hydrogen) atoms. The van der Waals surface area contributed by atoms with Gasteiger partial charge in [-0.3, -0.25) is 0 Å². The average Bonchev–Trinajstić information content (AvgIpc) is 2.17. The molecule has 1 rings (SSSR count). The maximum atomic E-state index is 13.0. The summed E-state index contributed by atoms with van der Waals surface area (Å²) < 4.78 is 30.1. The smallest absolute Gasteiger partial charge is 0.341 e. The van der Waals surface area contributed by atoms with Crippen LogP contribution in [0.2, 0.25) is 0 Å². The molecule has 0 aromatic heterocycles. The number of aliphatic hydroxyl groups is 1. The summed E-state index contributed by atoms with van der Waals surface area (Å²) in [6, 6.07) is 2.61. The Hall–Kier alpha value is -1.49. The highest BCUT2D eigenvalue weighted by Gasteiger charge is 2.13. The average molecular weight is 216 g/mol. The van der Waals surface area contributed by atoms with Gasteiger partial charge in [0, 0.05) is 19.1 Å². The normalized spacial score (nSPS) is 10.1. The topological polar surface area (TPSA) is 46.5 Å². The Bertz CT molecular complexity index is 353. The number of carbonyl (C=O) groups is 1. The van der Waals surface area contributed by atoms with Crippen molar-refractivity contribution in [1.29, 1.82) is 0 Å². The summed E-state index contributed by atoms with van der Waals surface area (Å²) in [5, 5.41) is 8.43. The maximum Gasteiger partial charge on any atom is 0.341 e. The zero-order valence-corrected chi connectivity index (χ0v) is 7.87. The van der Waals surface area contributed by atoms with Crippen molar-refractivity contribution in [1.82, 2.24) is 0 Å². The first-order valence-corrected chi connectivity index (χ1v) is 4.38. The molecule has 5 heteroatoms. The molecule has 1 aromatic carbocycles. The van der Waals surface area contributed by atoms with Gasteiger partial charge in [-0.05, 0) is 12.1 Å². The van der Waals surface area contributed by atoms with Gasteiger partial charge >= 0.3 is 5.97 Å². The number of carbonyl (C=O) groups excluding carboxylic acids is 1. The highest BCUT2D eigenvalue weighted by atomic mass is 19.1. The van der Waals surface area contributed by atoms with Gasteiger partial charge in [0.05, 0.1) is 12.2 Å². The quantitative estimate of drug-likeness (QED) is 0.612. The van der Waals surface area contributed by atoms with Crippen molar-refractivity contribution >= 4 is 5.97 Å². The van der Waals surface area contributed by atoms with E-state index in [1.807, 2.05) is 0 Å². The van der Waals surface area contributed by atoms with E-state index in [1.165, 1.54) is 0 Å². The summed E-state index contributed by atoms with van der Waals surface area (Å²) in [5.41, 5.74) is -0.311. The standard InChI is InChI=1S/C10H10F2O3/c11-7-2-3-8(9(12)6-7)10(14)15-5-1-4-13/h2-3,6,13H,1,4-5H2.